The molecule has 0 aliphatic carbocycles. The molecule has 1 fully saturated rings. The lowest BCUT2D eigenvalue weighted by Crippen LogP contribution is -2.29. The van der Waals surface area contributed by atoms with E-state index in [4.69, 9.17) is 18.5 Å². The first kappa shape index (κ1) is 20.2. The molecule has 3 atom stereocenters. The van der Waals surface area contributed by atoms with Crippen LogP contribution in [0.2, 0.25) is 0 Å². The summed E-state index contributed by atoms with van der Waals surface area (Å²) >= 11 is 0. The van der Waals surface area contributed by atoms with Gasteiger partial charge in [0.25, 0.3) is 7.94 Å². The second-order valence-corrected chi connectivity index (χ2v) is 8.31. The Kier molecular flexibility index (Phi) is 7.13. The molecular formula is C21H25O5P. The first-order valence-corrected chi connectivity index (χ1v) is 10.6. The second kappa shape index (κ2) is 9.56. The van der Waals surface area contributed by atoms with E-state index >= 15 is 0 Å². The van der Waals surface area contributed by atoms with Gasteiger partial charge >= 0.3 is 0 Å². The van der Waals surface area contributed by atoms with Crippen LogP contribution in [0.5, 0.6) is 0 Å². The smallest absolute Gasteiger partial charge is 0.269 e. The fraction of sp³-hybridized carbons (Fsp3) is 0.333. The normalized spacial score (nSPS) is 25.0. The second-order valence-electron chi connectivity index (χ2n) is 6.27. The molecule has 2 aromatic carbocycles. The highest BCUT2D eigenvalue weighted by molar-refractivity contribution is 7.64. The molecule has 0 saturated carbocycles. The summed E-state index contributed by atoms with van der Waals surface area (Å²) < 4.78 is 22.9. The average Bonchev–Trinajstić information content (AvgIpc) is 2.92. The van der Waals surface area contributed by atoms with Crippen molar-refractivity contribution in [3.05, 3.63) is 83.7 Å². The zero-order valence-corrected chi connectivity index (χ0v) is 16.3. The summed E-state index contributed by atoms with van der Waals surface area (Å²) in [6, 6.07) is 19.6. The predicted octanol–water partition coefficient (Wildman–Crippen LogP) is 3.86. The first-order valence-electron chi connectivity index (χ1n) is 9.02. The van der Waals surface area contributed by atoms with E-state index in [1.807, 2.05) is 60.7 Å². The molecule has 0 amide bonds. The molecule has 0 spiro atoms. The third kappa shape index (κ3) is 5.23. The predicted molar refractivity (Wildman–Crippen MR) is 104 cm³/mol. The van der Waals surface area contributed by atoms with Gasteiger partial charge in [-0.2, -0.15) is 4.52 Å². The molecular weight excluding hydrogens is 363 g/mol. The first-order chi connectivity index (χ1) is 13.1. The van der Waals surface area contributed by atoms with Crippen LogP contribution < -0.4 is 4.89 Å². The molecule has 1 saturated heterocycles. The molecule has 6 heteroatoms. The van der Waals surface area contributed by atoms with Gasteiger partial charge in [-0.3, -0.25) is 0 Å². The van der Waals surface area contributed by atoms with Gasteiger partial charge in [0.1, 0.15) is 0 Å². The molecule has 0 bridgehead atoms. The van der Waals surface area contributed by atoms with Gasteiger partial charge in [0.15, 0.2) is 17.5 Å². The van der Waals surface area contributed by atoms with Crippen LogP contribution in [0.1, 0.15) is 18.1 Å². The van der Waals surface area contributed by atoms with Crippen molar-refractivity contribution in [2.45, 2.75) is 32.3 Å². The third-order valence-corrected chi connectivity index (χ3v) is 6.36. The third-order valence-electron chi connectivity index (χ3n) is 4.26. The molecule has 5 nitrogen and oxygen atoms in total. The monoisotopic (exact) mass is 388 g/mol. The topological polar surface area (TPSA) is 60.0 Å². The van der Waals surface area contributed by atoms with E-state index < -0.39 is 20.2 Å². The maximum Gasteiger partial charge on any atom is 0.269 e. The van der Waals surface area contributed by atoms with Crippen molar-refractivity contribution < 1.29 is 23.4 Å². The minimum absolute atomic E-state index is 0.241. The van der Waals surface area contributed by atoms with Crippen LogP contribution in [-0.2, 0) is 31.7 Å². The van der Waals surface area contributed by atoms with E-state index in [9.17, 15) is 4.89 Å². The van der Waals surface area contributed by atoms with Gasteiger partial charge in [-0.15, -0.1) is 0 Å². The maximum absolute atomic E-state index is 12.9. The summed E-state index contributed by atoms with van der Waals surface area (Å²) in [7, 11) is -3.41. The SMILES string of the molecule is C=C1[C@H](OCc2ccccc2)[C@@H](COCc2ccccc2)O[P+]1([O-])OCC. The quantitative estimate of drug-likeness (QED) is 0.611. The lowest BCUT2D eigenvalue weighted by molar-refractivity contribution is -0.216. The van der Waals surface area contributed by atoms with Crippen LogP contribution in [-0.4, -0.2) is 25.4 Å². The highest BCUT2D eigenvalue weighted by atomic mass is 31.2. The van der Waals surface area contributed by atoms with Gasteiger partial charge in [0, 0.05) is 0 Å². The van der Waals surface area contributed by atoms with E-state index in [1.54, 1.807) is 6.92 Å². The summed E-state index contributed by atoms with van der Waals surface area (Å²) in [5, 5.41) is 0.355. The average molecular weight is 388 g/mol. The van der Waals surface area contributed by atoms with Crippen LogP contribution in [0.3, 0.4) is 0 Å². The van der Waals surface area contributed by atoms with Gasteiger partial charge in [-0.05, 0) is 18.1 Å². The molecule has 27 heavy (non-hydrogen) atoms. The van der Waals surface area contributed by atoms with Crippen LogP contribution in [0.15, 0.2) is 72.6 Å². The zero-order valence-electron chi connectivity index (χ0n) is 15.5. The molecule has 2 aromatic rings. The van der Waals surface area contributed by atoms with Crippen molar-refractivity contribution >= 4 is 7.94 Å². The van der Waals surface area contributed by atoms with E-state index in [2.05, 4.69) is 6.58 Å². The summed E-state index contributed by atoms with van der Waals surface area (Å²) in [5.74, 6) is 0. The van der Waals surface area contributed by atoms with Crippen molar-refractivity contribution in [3.63, 3.8) is 0 Å². The van der Waals surface area contributed by atoms with Gasteiger partial charge in [0.2, 0.25) is 0 Å². The molecule has 144 valence electrons. The van der Waals surface area contributed by atoms with Gasteiger partial charge in [-0.25, -0.2) is 4.52 Å². The molecule has 3 rings (SSSR count). The lowest BCUT2D eigenvalue weighted by Gasteiger charge is -2.22. The van der Waals surface area contributed by atoms with E-state index in [1.165, 1.54) is 0 Å². The Hall–Kier alpha value is -1.59. The maximum atomic E-state index is 12.9. The van der Waals surface area contributed by atoms with Crippen LogP contribution in [0, 0.1) is 0 Å². The molecule has 0 aromatic heterocycles. The largest absolute Gasteiger partial charge is 0.627 e. The zero-order chi connectivity index (χ0) is 19.1. The molecule has 0 radical (unpaired) electrons. The molecule has 1 aliphatic heterocycles. The highest BCUT2D eigenvalue weighted by Gasteiger charge is 2.54. The molecule has 0 N–H and O–H groups in total. The number of hydrogen-bond donors (Lipinski definition) is 0. The Morgan fingerprint density at radius 3 is 2.19 bits per heavy atom. The van der Waals surface area contributed by atoms with E-state index in [0.29, 0.717) is 18.5 Å². The van der Waals surface area contributed by atoms with Crippen LogP contribution >= 0.6 is 7.94 Å². The van der Waals surface area contributed by atoms with Crippen LogP contribution in [0.4, 0.5) is 0 Å². The fourth-order valence-corrected chi connectivity index (χ4v) is 4.69. The van der Waals surface area contributed by atoms with Gasteiger partial charge in [-0.1, -0.05) is 67.2 Å². The number of ether oxygens (including phenoxy) is 2. The Morgan fingerprint density at radius 1 is 1.00 bits per heavy atom. The summed E-state index contributed by atoms with van der Waals surface area (Å²) in [6.07, 6.45) is -1.07. The summed E-state index contributed by atoms with van der Waals surface area (Å²) in [6.45, 7) is 7.05. The Bertz CT molecular complexity index is 724. The number of benzene rings is 2. The summed E-state index contributed by atoms with van der Waals surface area (Å²) in [4.78, 5) is 12.9. The fourth-order valence-electron chi connectivity index (χ4n) is 2.90. The lowest BCUT2D eigenvalue weighted by atomic mass is 10.2. The standard InChI is InChI=1S/C21H25O5P/c1-3-25-27(22)17(2)21(24-15-19-12-8-5-9-13-19)20(26-27)16-23-14-18-10-6-4-7-11-18/h4-13,20-21H,2-3,14-16H2,1H3/t20-,21+,27?/m1/s1. The molecule has 1 aliphatic rings. The van der Waals surface area contributed by atoms with Crippen molar-refractivity contribution in [3.8, 4) is 0 Å². The van der Waals surface area contributed by atoms with Gasteiger partial charge in [0.05, 0.1) is 26.4 Å². The van der Waals surface area contributed by atoms with Crippen molar-refractivity contribution in [2.75, 3.05) is 13.2 Å². The number of hydrogen-bond acceptors (Lipinski definition) is 5. The minimum atomic E-state index is -3.41. The summed E-state index contributed by atoms with van der Waals surface area (Å²) in [5.41, 5.74) is 2.08. The molecule has 1 heterocycles. The van der Waals surface area contributed by atoms with Crippen LogP contribution in [0.25, 0.3) is 0 Å². The minimum Gasteiger partial charge on any atom is -0.627 e. The van der Waals surface area contributed by atoms with Crippen molar-refractivity contribution in [1.29, 1.82) is 0 Å². The van der Waals surface area contributed by atoms with Crippen molar-refractivity contribution in [2.24, 2.45) is 0 Å². The Balaban J connectivity index is 1.63. The van der Waals surface area contributed by atoms with E-state index in [0.717, 1.165) is 11.1 Å². The Labute approximate surface area is 161 Å². The number of rotatable bonds is 9. The molecule has 1 unspecified atom stereocenters. The van der Waals surface area contributed by atoms with Crippen molar-refractivity contribution in [1.82, 2.24) is 0 Å². The Morgan fingerprint density at radius 2 is 1.59 bits per heavy atom. The highest BCUT2D eigenvalue weighted by Crippen LogP contribution is 2.67. The van der Waals surface area contributed by atoms with Gasteiger partial charge < -0.3 is 14.4 Å². The van der Waals surface area contributed by atoms with E-state index in [-0.39, 0.29) is 13.2 Å².